The third-order valence-corrected chi connectivity index (χ3v) is 4.12. The molecule has 3 atom stereocenters. The smallest absolute Gasteiger partial charge is 0.0438 e. The molecular weight excluding hydrogens is 216 g/mol. The van der Waals surface area contributed by atoms with Gasteiger partial charge in [-0.2, -0.15) is 0 Å². The van der Waals surface area contributed by atoms with Crippen LogP contribution in [0.25, 0.3) is 0 Å². The summed E-state index contributed by atoms with van der Waals surface area (Å²) in [6.07, 6.45) is 11.4. The van der Waals surface area contributed by atoms with Gasteiger partial charge in [0.1, 0.15) is 0 Å². The maximum atomic E-state index is 2.45. The minimum absolute atomic E-state index is 0.862. The van der Waals surface area contributed by atoms with Crippen molar-refractivity contribution in [3.8, 4) is 0 Å². The van der Waals surface area contributed by atoms with E-state index in [1.165, 1.54) is 51.4 Å². The van der Waals surface area contributed by atoms with E-state index in [9.17, 15) is 0 Å². The number of rotatable bonds is 11. The second kappa shape index (κ2) is 10.9. The van der Waals surface area contributed by atoms with Crippen LogP contribution in [0.1, 0.15) is 92.9 Å². The molecule has 0 heterocycles. The molecule has 0 fully saturated rings. The second-order valence-corrected chi connectivity index (χ2v) is 7.25. The van der Waals surface area contributed by atoms with Gasteiger partial charge in [0.2, 0.25) is 0 Å². The molecule has 0 amide bonds. The maximum Gasteiger partial charge on any atom is -0.0438 e. The minimum atomic E-state index is 0.862. The highest BCUT2D eigenvalue weighted by Crippen LogP contribution is 2.24. The van der Waals surface area contributed by atoms with Gasteiger partial charge in [-0.3, -0.25) is 0 Å². The average molecular weight is 255 g/mol. The average Bonchev–Trinajstić information content (AvgIpc) is 2.24. The molecule has 0 saturated heterocycles. The van der Waals surface area contributed by atoms with Crippen molar-refractivity contribution in [3.63, 3.8) is 0 Å². The minimum Gasteiger partial charge on any atom is -0.0654 e. The fraction of sp³-hybridized carbons (Fsp3) is 1.00. The maximum absolute atomic E-state index is 2.45. The van der Waals surface area contributed by atoms with E-state index in [1.54, 1.807) is 0 Å². The Bertz CT molecular complexity index is 171. The first kappa shape index (κ1) is 18.0. The van der Waals surface area contributed by atoms with Gasteiger partial charge in [0.15, 0.2) is 0 Å². The molecular formula is C18H38. The standard InChI is InChI=1S/C18H38/c1-7-8-10-16(4)11-9-12-17(5)14-18(6)13-15(2)3/h15-18H,7-14H2,1-6H3. The molecule has 0 heteroatoms. The van der Waals surface area contributed by atoms with Crippen molar-refractivity contribution in [2.24, 2.45) is 23.7 Å². The molecule has 0 saturated carbocycles. The molecule has 0 aromatic heterocycles. The van der Waals surface area contributed by atoms with Gasteiger partial charge in [-0.1, -0.05) is 80.1 Å². The van der Waals surface area contributed by atoms with Gasteiger partial charge in [-0.25, -0.2) is 0 Å². The summed E-state index contributed by atoms with van der Waals surface area (Å²) in [6, 6.07) is 0. The molecule has 0 bridgehead atoms. The summed E-state index contributed by atoms with van der Waals surface area (Å²) >= 11 is 0. The Morgan fingerprint density at radius 2 is 1.17 bits per heavy atom. The molecule has 0 N–H and O–H groups in total. The van der Waals surface area contributed by atoms with E-state index in [-0.39, 0.29) is 0 Å². The number of hydrogen-bond donors (Lipinski definition) is 0. The largest absolute Gasteiger partial charge is 0.0654 e. The van der Waals surface area contributed by atoms with Gasteiger partial charge in [0.25, 0.3) is 0 Å². The van der Waals surface area contributed by atoms with Gasteiger partial charge in [0, 0.05) is 0 Å². The summed E-state index contributed by atoms with van der Waals surface area (Å²) in [6.45, 7) is 14.3. The lowest BCUT2D eigenvalue weighted by Gasteiger charge is -2.19. The van der Waals surface area contributed by atoms with Crippen LogP contribution in [0.15, 0.2) is 0 Å². The Kier molecular flexibility index (Phi) is 10.9. The third kappa shape index (κ3) is 11.1. The van der Waals surface area contributed by atoms with E-state index < -0.39 is 0 Å². The van der Waals surface area contributed by atoms with E-state index >= 15 is 0 Å². The van der Waals surface area contributed by atoms with Crippen LogP contribution in [0.5, 0.6) is 0 Å². The molecule has 0 nitrogen and oxygen atoms in total. The first-order chi connectivity index (χ1) is 8.45. The van der Waals surface area contributed by atoms with Crippen molar-refractivity contribution in [1.29, 1.82) is 0 Å². The highest BCUT2D eigenvalue weighted by Gasteiger charge is 2.11. The zero-order valence-corrected chi connectivity index (χ0v) is 14.0. The van der Waals surface area contributed by atoms with Gasteiger partial charge in [-0.15, -0.1) is 0 Å². The Hall–Kier alpha value is 0. The topological polar surface area (TPSA) is 0 Å². The molecule has 18 heavy (non-hydrogen) atoms. The Morgan fingerprint density at radius 3 is 1.72 bits per heavy atom. The van der Waals surface area contributed by atoms with Crippen molar-refractivity contribution in [3.05, 3.63) is 0 Å². The fourth-order valence-corrected chi connectivity index (χ4v) is 3.22. The third-order valence-electron chi connectivity index (χ3n) is 4.12. The zero-order valence-electron chi connectivity index (χ0n) is 14.0. The molecule has 110 valence electrons. The molecule has 0 aromatic carbocycles. The molecule has 0 spiro atoms. The van der Waals surface area contributed by atoms with Gasteiger partial charge >= 0.3 is 0 Å². The highest BCUT2D eigenvalue weighted by atomic mass is 14.2. The summed E-state index contributed by atoms with van der Waals surface area (Å²) in [4.78, 5) is 0. The van der Waals surface area contributed by atoms with Gasteiger partial charge < -0.3 is 0 Å². The molecule has 0 aromatic rings. The van der Waals surface area contributed by atoms with E-state index in [4.69, 9.17) is 0 Å². The summed E-state index contributed by atoms with van der Waals surface area (Å²) in [5.74, 6) is 3.65. The summed E-state index contributed by atoms with van der Waals surface area (Å²) in [5.41, 5.74) is 0. The zero-order chi connectivity index (χ0) is 14.0. The monoisotopic (exact) mass is 254 g/mol. The van der Waals surface area contributed by atoms with Crippen LogP contribution in [-0.4, -0.2) is 0 Å². The lowest BCUT2D eigenvalue weighted by molar-refractivity contribution is 0.328. The van der Waals surface area contributed by atoms with Crippen molar-refractivity contribution in [1.82, 2.24) is 0 Å². The van der Waals surface area contributed by atoms with Crippen molar-refractivity contribution >= 4 is 0 Å². The first-order valence-corrected chi connectivity index (χ1v) is 8.45. The van der Waals surface area contributed by atoms with Crippen LogP contribution in [0.4, 0.5) is 0 Å². The molecule has 0 aliphatic carbocycles. The van der Waals surface area contributed by atoms with Crippen LogP contribution >= 0.6 is 0 Å². The van der Waals surface area contributed by atoms with Crippen LogP contribution in [-0.2, 0) is 0 Å². The first-order valence-electron chi connectivity index (χ1n) is 8.45. The number of hydrogen-bond acceptors (Lipinski definition) is 0. The van der Waals surface area contributed by atoms with Crippen LogP contribution < -0.4 is 0 Å². The Morgan fingerprint density at radius 1 is 0.611 bits per heavy atom. The summed E-state index contributed by atoms with van der Waals surface area (Å²) < 4.78 is 0. The van der Waals surface area contributed by atoms with Crippen molar-refractivity contribution in [2.45, 2.75) is 92.9 Å². The SMILES string of the molecule is CCCCC(C)CCCC(C)CC(C)CC(C)C. The molecule has 0 rings (SSSR count). The van der Waals surface area contributed by atoms with E-state index in [2.05, 4.69) is 41.5 Å². The molecule has 0 radical (unpaired) electrons. The predicted molar refractivity (Wildman–Crippen MR) is 84.9 cm³/mol. The van der Waals surface area contributed by atoms with E-state index in [1.807, 2.05) is 0 Å². The summed E-state index contributed by atoms with van der Waals surface area (Å²) in [5, 5.41) is 0. The molecule has 0 aliphatic rings. The van der Waals surface area contributed by atoms with Crippen molar-refractivity contribution in [2.75, 3.05) is 0 Å². The Labute approximate surface area is 117 Å². The lowest BCUT2D eigenvalue weighted by Crippen LogP contribution is -2.06. The van der Waals surface area contributed by atoms with Crippen LogP contribution in [0.3, 0.4) is 0 Å². The highest BCUT2D eigenvalue weighted by molar-refractivity contribution is 4.63. The van der Waals surface area contributed by atoms with Crippen molar-refractivity contribution < 1.29 is 0 Å². The van der Waals surface area contributed by atoms with E-state index in [0.717, 1.165) is 23.7 Å². The quantitative estimate of drug-likeness (QED) is 0.385. The predicted octanol–water partition coefficient (Wildman–Crippen LogP) is 6.69. The van der Waals surface area contributed by atoms with E-state index in [0.29, 0.717) is 0 Å². The lowest BCUT2D eigenvalue weighted by atomic mass is 9.87. The second-order valence-electron chi connectivity index (χ2n) is 7.25. The van der Waals surface area contributed by atoms with Gasteiger partial charge in [0.05, 0.1) is 0 Å². The number of unbranched alkanes of at least 4 members (excludes halogenated alkanes) is 1. The van der Waals surface area contributed by atoms with Crippen LogP contribution in [0, 0.1) is 23.7 Å². The fourth-order valence-electron chi connectivity index (χ4n) is 3.22. The van der Waals surface area contributed by atoms with Gasteiger partial charge in [-0.05, 0) is 36.5 Å². The normalized spacial score (nSPS) is 16.8. The molecule has 0 aliphatic heterocycles. The molecule has 3 unspecified atom stereocenters. The Balaban J connectivity index is 3.54. The summed E-state index contributed by atoms with van der Waals surface area (Å²) in [7, 11) is 0. The van der Waals surface area contributed by atoms with Crippen LogP contribution in [0.2, 0.25) is 0 Å².